The van der Waals surface area contributed by atoms with Crippen molar-refractivity contribution in [2.24, 2.45) is 0 Å². The average Bonchev–Trinajstić information content (AvgIpc) is 3.12. The molecular formula is C22H16ClN3O3. The Kier molecular flexibility index (Phi) is 4.64. The highest BCUT2D eigenvalue weighted by molar-refractivity contribution is 6.30. The van der Waals surface area contributed by atoms with Gasteiger partial charge in [0.25, 0.3) is 0 Å². The number of ketones is 1. The van der Waals surface area contributed by atoms with Crippen LogP contribution in [0.4, 0.5) is 0 Å². The second kappa shape index (κ2) is 7.14. The quantitative estimate of drug-likeness (QED) is 0.487. The lowest BCUT2D eigenvalue weighted by Gasteiger charge is -2.13. The van der Waals surface area contributed by atoms with Crippen molar-refractivity contribution < 1.29 is 14.7 Å². The van der Waals surface area contributed by atoms with Crippen molar-refractivity contribution in [2.75, 3.05) is 0 Å². The van der Waals surface area contributed by atoms with Gasteiger partial charge in [0.1, 0.15) is 0 Å². The normalized spacial score (nSPS) is 11.0. The van der Waals surface area contributed by atoms with Crippen LogP contribution in [0.5, 0.6) is 0 Å². The molecule has 0 radical (unpaired) electrons. The van der Waals surface area contributed by atoms with E-state index in [1.807, 2.05) is 12.1 Å². The number of halogens is 1. The third kappa shape index (κ3) is 3.28. The number of fused-ring (bicyclic) bond motifs is 1. The number of carbonyl (C=O) groups excluding carboxylic acids is 1. The Labute approximate surface area is 171 Å². The van der Waals surface area contributed by atoms with E-state index in [0.717, 1.165) is 5.56 Å². The summed E-state index contributed by atoms with van der Waals surface area (Å²) in [5, 5.41) is 14.8. The lowest BCUT2D eigenvalue weighted by molar-refractivity contribution is 0.0697. The van der Waals surface area contributed by atoms with Crippen molar-refractivity contribution in [3.8, 4) is 22.5 Å². The molecule has 144 valence electrons. The minimum atomic E-state index is -1.08. The first-order valence-electron chi connectivity index (χ1n) is 8.86. The lowest BCUT2D eigenvalue weighted by Crippen LogP contribution is -2.10. The largest absolute Gasteiger partial charge is 0.478 e. The maximum atomic E-state index is 12.5. The number of Topliss-reactive ketones (excluding diaryl/α,β-unsaturated/α-hetero) is 1. The second-order valence-corrected chi connectivity index (χ2v) is 7.07. The number of carboxylic acids is 1. The number of aryl methyl sites for hydroxylation is 1. The summed E-state index contributed by atoms with van der Waals surface area (Å²) < 4.78 is 1.60. The monoisotopic (exact) mass is 405 g/mol. The molecule has 0 fully saturated rings. The minimum absolute atomic E-state index is 0.0868. The number of aromatic carboxylic acids is 1. The van der Waals surface area contributed by atoms with E-state index in [1.165, 1.54) is 13.0 Å². The summed E-state index contributed by atoms with van der Waals surface area (Å²) in [5.41, 5.74) is 3.81. The molecule has 0 aliphatic rings. The van der Waals surface area contributed by atoms with Crippen LogP contribution in [-0.4, -0.2) is 31.5 Å². The van der Waals surface area contributed by atoms with Crippen molar-refractivity contribution in [2.45, 2.75) is 13.8 Å². The molecule has 1 N–H and O–H groups in total. The topological polar surface area (TPSA) is 84.6 Å². The summed E-state index contributed by atoms with van der Waals surface area (Å²) in [6.45, 7) is 3.21. The van der Waals surface area contributed by atoms with E-state index in [-0.39, 0.29) is 11.3 Å². The molecule has 6 nitrogen and oxygen atoms in total. The van der Waals surface area contributed by atoms with Crippen LogP contribution in [-0.2, 0) is 0 Å². The smallest absolute Gasteiger partial charge is 0.336 e. The maximum absolute atomic E-state index is 12.5. The first-order valence-corrected chi connectivity index (χ1v) is 9.24. The summed E-state index contributed by atoms with van der Waals surface area (Å²) in [6, 6.07) is 15.6. The predicted octanol–water partition coefficient (Wildman–Crippen LogP) is 4.93. The maximum Gasteiger partial charge on any atom is 0.336 e. The Morgan fingerprint density at radius 3 is 2.41 bits per heavy atom. The van der Waals surface area contributed by atoms with Gasteiger partial charge in [-0.1, -0.05) is 41.9 Å². The van der Waals surface area contributed by atoms with E-state index in [1.54, 1.807) is 47.8 Å². The Balaban J connectivity index is 2.01. The van der Waals surface area contributed by atoms with Gasteiger partial charge in [0.05, 0.1) is 28.2 Å². The molecule has 0 amide bonds. The molecular weight excluding hydrogens is 390 g/mol. The summed E-state index contributed by atoms with van der Waals surface area (Å²) in [6.07, 6.45) is 0. The third-order valence-electron chi connectivity index (χ3n) is 4.74. The van der Waals surface area contributed by atoms with E-state index >= 15 is 0 Å². The van der Waals surface area contributed by atoms with Crippen molar-refractivity contribution in [3.05, 3.63) is 76.4 Å². The third-order valence-corrected chi connectivity index (χ3v) is 4.99. The van der Waals surface area contributed by atoms with Gasteiger partial charge < -0.3 is 5.11 Å². The van der Waals surface area contributed by atoms with E-state index in [9.17, 15) is 14.7 Å². The molecule has 0 saturated carbocycles. The van der Waals surface area contributed by atoms with Gasteiger partial charge in [-0.2, -0.15) is 5.10 Å². The van der Waals surface area contributed by atoms with Crippen LogP contribution in [0, 0.1) is 6.92 Å². The summed E-state index contributed by atoms with van der Waals surface area (Å²) in [4.78, 5) is 28.8. The number of rotatable bonds is 4. The Morgan fingerprint density at radius 2 is 1.76 bits per heavy atom. The zero-order chi connectivity index (χ0) is 20.7. The highest BCUT2D eigenvalue weighted by atomic mass is 35.5. The molecule has 2 aromatic heterocycles. The molecule has 2 aromatic carbocycles. The summed E-state index contributed by atoms with van der Waals surface area (Å²) >= 11 is 5.96. The van der Waals surface area contributed by atoms with Gasteiger partial charge in [0, 0.05) is 22.2 Å². The van der Waals surface area contributed by atoms with Gasteiger partial charge in [0.15, 0.2) is 11.4 Å². The van der Waals surface area contributed by atoms with Gasteiger partial charge >= 0.3 is 5.97 Å². The van der Waals surface area contributed by atoms with Crippen LogP contribution < -0.4 is 0 Å². The van der Waals surface area contributed by atoms with Gasteiger partial charge in [-0.15, -0.1) is 0 Å². The lowest BCUT2D eigenvalue weighted by atomic mass is 9.97. The van der Waals surface area contributed by atoms with Gasteiger partial charge in [0.2, 0.25) is 0 Å². The molecule has 0 bridgehead atoms. The average molecular weight is 406 g/mol. The highest BCUT2D eigenvalue weighted by Crippen LogP contribution is 2.30. The Morgan fingerprint density at radius 1 is 1.07 bits per heavy atom. The van der Waals surface area contributed by atoms with E-state index in [0.29, 0.717) is 38.9 Å². The van der Waals surface area contributed by atoms with Crippen molar-refractivity contribution in [1.29, 1.82) is 0 Å². The molecule has 29 heavy (non-hydrogen) atoms. The predicted molar refractivity (Wildman–Crippen MR) is 111 cm³/mol. The van der Waals surface area contributed by atoms with E-state index in [4.69, 9.17) is 11.6 Å². The van der Waals surface area contributed by atoms with Crippen molar-refractivity contribution in [3.63, 3.8) is 0 Å². The summed E-state index contributed by atoms with van der Waals surface area (Å²) in [7, 11) is 0. The fraction of sp³-hybridized carbons (Fsp3) is 0.0909. The number of carboxylic acid groups (broad SMARTS) is 1. The van der Waals surface area contributed by atoms with Crippen LogP contribution >= 0.6 is 11.6 Å². The Hall–Kier alpha value is -3.51. The molecule has 7 heteroatoms. The molecule has 0 saturated heterocycles. The number of hydrogen-bond acceptors (Lipinski definition) is 4. The van der Waals surface area contributed by atoms with Gasteiger partial charge in [-0.3, -0.25) is 4.79 Å². The number of nitrogens with zero attached hydrogens (tertiary/aromatic N) is 3. The first kappa shape index (κ1) is 18.8. The van der Waals surface area contributed by atoms with E-state index < -0.39 is 5.97 Å². The van der Waals surface area contributed by atoms with Crippen molar-refractivity contribution >= 4 is 29.0 Å². The number of carbonyl (C=O) groups is 2. The molecule has 2 heterocycles. The van der Waals surface area contributed by atoms with E-state index in [2.05, 4.69) is 10.1 Å². The molecule has 0 unspecified atom stereocenters. The molecule has 0 spiro atoms. The van der Waals surface area contributed by atoms with Crippen LogP contribution in [0.2, 0.25) is 5.02 Å². The molecule has 0 aliphatic carbocycles. The zero-order valence-corrected chi connectivity index (χ0v) is 16.4. The number of aromatic nitrogens is 3. The fourth-order valence-electron chi connectivity index (χ4n) is 3.40. The summed E-state index contributed by atoms with van der Waals surface area (Å²) in [5.74, 6) is -1.29. The van der Waals surface area contributed by atoms with Gasteiger partial charge in [-0.25, -0.2) is 14.3 Å². The fourth-order valence-corrected chi connectivity index (χ4v) is 3.53. The molecule has 4 aromatic rings. The molecule has 0 aliphatic heterocycles. The Bertz CT molecular complexity index is 1280. The van der Waals surface area contributed by atoms with Crippen LogP contribution in [0.15, 0.2) is 54.6 Å². The SMILES string of the molecule is CC(=O)c1c(-c2ccccc2C(=O)O)nc2cc(-c3ccc(Cl)cc3)nn2c1C. The standard InChI is InChI=1S/C22H16ClN3O3/c1-12-20(13(2)27)21(16-5-3-4-6-17(16)22(28)29)24-19-11-18(25-26(12)19)14-7-9-15(23)10-8-14/h3-11H,1-2H3,(H,28,29). The van der Waals surface area contributed by atoms with Crippen molar-refractivity contribution in [1.82, 2.24) is 14.6 Å². The first-order chi connectivity index (χ1) is 13.9. The second-order valence-electron chi connectivity index (χ2n) is 6.63. The van der Waals surface area contributed by atoms with Crippen LogP contribution in [0.25, 0.3) is 28.2 Å². The minimum Gasteiger partial charge on any atom is -0.478 e. The number of hydrogen-bond donors (Lipinski definition) is 1. The van der Waals surface area contributed by atoms with Gasteiger partial charge in [-0.05, 0) is 32.0 Å². The number of benzene rings is 2. The molecule has 4 rings (SSSR count). The highest BCUT2D eigenvalue weighted by Gasteiger charge is 2.22. The molecule has 0 atom stereocenters. The van der Waals surface area contributed by atoms with Crippen LogP contribution in [0.3, 0.4) is 0 Å². The zero-order valence-electron chi connectivity index (χ0n) is 15.7. The van der Waals surface area contributed by atoms with Crippen LogP contribution in [0.1, 0.15) is 33.3 Å².